The fourth-order valence-corrected chi connectivity index (χ4v) is 2.66. The van der Waals surface area contributed by atoms with Gasteiger partial charge >= 0.3 is 0 Å². The average molecular weight is 317 g/mol. The highest BCUT2D eigenvalue weighted by molar-refractivity contribution is 6.05. The summed E-state index contributed by atoms with van der Waals surface area (Å²) < 4.78 is 5.17. The molecule has 0 fully saturated rings. The molecule has 0 saturated heterocycles. The van der Waals surface area contributed by atoms with Crippen molar-refractivity contribution in [2.24, 2.45) is 0 Å². The van der Waals surface area contributed by atoms with Crippen LogP contribution in [0.5, 0.6) is 5.75 Å². The van der Waals surface area contributed by atoms with Crippen molar-refractivity contribution in [1.82, 2.24) is 20.2 Å². The third-order valence-electron chi connectivity index (χ3n) is 3.92. The van der Waals surface area contributed by atoms with E-state index in [9.17, 15) is 0 Å². The Morgan fingerprint density at radius 1 is 0.875 bits per heavy atom. The van der Waals surface area contributed by atoms with Crippen LogP contribution in [0.25, 0.3) is 21.9 Å². The Kier molecular flexibility index (Phi) is 3.42. The zero-order valence-corrected chi connectivity index (χ0v) is 13.3. The highest BCUT2D eigenvalue weighted by Crippen LogP contribution is 2.27. The fourth-order valence-electron chi connectivity index (χ4n) is 2.66. The molecule has 0 aliphatic rings. The maximum absolute atomic E-state index is 5.17. The first kappa shape index (κ1) is 14.3. The second-order valence-electron chi connectivity index (χ2n) is 5.44. The second-order valence-corrected chi connectivity index (χ2v) is 5.44. The van der Waals surface area contributed by atoms with Crippen LogP contribution in [-0.2, 0) is 0 Å². The number of nitrogens with zero attached hydrogens (tertiary/aromatic N) is 4. The van der Waals surface area contributed by atoms with Gasteiger partial charge in [-0.05, 0) is 36.8 Å². The molecule has 2 aromatic heterocycles. The van der Waals surface area contributed by atoms with Crippen molar-refractivity contribution >= 4 is 33.4 Å². The van der Waals surface area contributed by atoms with E-state index in [0.717, 1.165) is 33.4 Å². The van der Waals surface area contributed by atoms with E-state index in [4.69, 9.17) is 4.74 Å². The predicted molar refractivity (Wildman–Crippen MR) is 93.6 cm³/mol. The molecule has 6 heteroatoms. The van der Waals surface area contributed by atoms with Crippen molar-refractivity contribution in [2.45, 2.75) is 6.92 Å². The minimum atomic E-state index is 0.626. The molecule has 0 aliphatic carbocycles. The maximum Gasteiger partial charge on any atom is 0.162 e. The first-order chi connectivity index (χ1) is 11.8. The number of ether oxygens (including phenoxy) is 1. The number of anilines is 2. The summed E-state index contributed by atoms with van der Waals surface area (Å²) in [6.07, 6.45) is 1.54. The van der Waals surface area contributed by atoms with E-state index in [1.165, 1.54) is 6.33 Å². The highest BCUT2D eigenvalue weighted by Gasteiger charge is 2.11. The van der Waals surface area contributed by atoms with Gasteiger partial charge in [0.25, 0.3) is 0 Å². The molecule has 4 rings (SSSR count). The number of hydrogen-bond acceptors (Lipinski definition) is 6. The zero-order chi connectivity index (χ0) is 16.5. The van der Waals surface area contributed by atoms with Crippen LogP contribution < -0.4 is 10.1 Å². The lowest BCUT2D eigenvalue weighted by Crippen LogP contribution is -2.00. The van der Waals surface area contributed by atoms with E-state index in [2.05, 4.69) is 25.5 Å². The van der Waals surface area contributed by atoms with Crippen LogP contribution in [0, 0.1) is 6.92 Å². The fraction of sp³-hybridized carbons (Fsp3) is 0.111. The number of benzene rings is 2. The van der Waals surface area contributed by atoms with Crippen LogP contribution >= 0.6 is 0 Å². The van der Waals surface area contributed by atoms with Crippen molar-refractivity contribution in [3.05, 3.63) is 54.4 Å². The summed E-state index contributed by atoms with van der Waals surface area (Å²) in [5.74, 6) is 1.43. The molecule has 0 saturated carbocycles. The lowest BCUT2D eigenvalue weighted by atomic mass is 10.1. The lowest BCUT2D eigenvalue weighted by molar-refractivity contribution is 0.415. The van der Waals surface area contributed by atoms with Gasteiger partial charge in [0, 0.05) is 11.1 Å². The maximum atomic E-state index is 5.17. The standard InChI is InChI=1S/C18H15N5O/c1-11-4-3-5-14-15(11)22-23-17-16(14)19-10-20-18(17)21-12-6-8-13(24-2)9-7-12/h3-10H,1-2H3,(H,19,20,21). The van der Waals surface area contributed by atoms with Gasteiger partial charge in [-0.25, -0.2) is 9.97 Å². The second kappa shape index (κ2) is 5.73. The van der Waals surface area contributed by atoms with Gasteiger partial charge in [0.15, 0.2) is 11.3 Å². The SMILES string of the molecule is COc1ccc(Nc2ncnc3c2nnc2c(C)cccc23)cc1. The molecule has 1 N–H and O–H groups in total. The van der Waals surface area contributed by atoms with Crippen molar-refractivity contribution in [2.75, 3.05) is 12.4 Å². The Morgan fingerprint density at radius 2 is 1.67 bits per heavy atom. The van der Waals surface area contributed by atoms with Crippen molar-refractivity contribution in [1.29, 1.82) is 0 Å². The Hall–Kier alpha value is -3.28. The number of aromatic nitrogens is 4. The number of hydrogen-bond donors (Lipinski definition) is 1. The zero-order valence-electron chi connectivity index (χ0n) is 13.3. The Morgan fingerprint density at radius 3 is 2.46 bits per heavy atom. The minimum absolute atomic E-state index is 0.626. The topological polar surface area (TPSA) is 72.8 Å². The van der Waals surface area contributed by atoms with Crippen molar-refractivity contribution < 1.29 is 4.74 Å². The molecule has 2 heterocycles. The van der Waals surface area contributed by atoms with Gasteiger partial charge in [-0.2, -0.15) is 0 Å². The normalized spacial score (nSPS) is 10.9. The summed E-state index contributed by atoms with van der Waals surface area (Å²) in [6.45, 7) is 2.01. The predicted octanol–water partition coefficient (Wildman–Crippen LogP) is 3.63. The van der Waals surface area contributed by atoms with Gasteiger partial charge in [0.1, 0.15) is 17.6 Å². The van der Waals surface area contributed by atoms with E-state index in [1.807, 2.05) is 49.4 Å². The minimum Gasteiger partial charge on any atom is -0.497 e. The van der Waals surface area contributed by atoms with E-state index in [1.54, 1.807) is 7.11 Å². The number of fused-ring (bicyclic) bond motifs is 3. The molecule has 0 bridgehead atoms. The number of rotatable bonds is 3. The number of methoxy groups -OCH3 is 1. The van der Waals surface area contributed by atoms with Crippen LogP contribution in [0.2, 0.25) is 0 Å². The molecule has 0 amide bonds. The summed E-state index contributed by atoms with van der Waals surface area (Å²) in [5, 5.41) is 12.9. The molecule has 0 unspecified atom stereocenters. The molecular weight excluding hydrogens is 302 g/mol. The van der Waals surface area contributed by atoms with E-state index in [-0.39, 0.29) is 0 Å². The van der Waals surface area contributed by atoms with Gasteiger partial charge < -0.3 is 10.1 Å². The van der Waals surface area contributed by atoms with Gasteiger partial charge in [-0.3, -0.25) is 0 Å². The largest absolute Gasteiger partial charge is 0.497 e. The van der Waals surface area contributed by atoms with Crippen LogP contribution in [0.3, 0.4) is 0 Å². The summed E-state index contributed by atoms with van der Waals surface area (Å²) in [4.78, 5) is 8.72. The molecule has 6 nitrogen and oxygen atoms in total. The molecule has 0 aliphatic heterocycles. The molecule has 0 atom stereocenters. The molecule has 4 aromatic rings. The van der Waals surface area contributed by atoms with Crippen LogP contribution in [0.1, 0.15) is 5.56 Å². The van der Waals surface area contributed by atoms with Crippen molar-refractivity contribution in [3.8, 4) is 5.75 Å². The highest BCUT2D eigenvalue weighted by atomic mass is 16.5. The van der Waals surface area contributed by atoms with E-state index >= 15 is 0 Å². The third-order valence-corrected chi connectivity index (χ3v) is 3.92. The van der Waals surface area contributed by atoms with Crippen LogP contribution in [-0.4, -0.2) is 27.3 Å². The smallest absolute Gasteiger partial charge is 0.162 e. The molecule has 0 radical (unpaired) electrons. The first-order valence-corrected chi connectivity index (χ1v) is 7.54. The summed E-state index contributed by atoms with van der Waals surface area (Å²) in [7, 11) is 1.64. The van der Waals surface area contributed by atoms with E-state index in [0.29, 0.717) is 11.3 Å². The van der Waals surface area contributed by atoms with Crippen molar-refractivity contribution in [3.63, 3.8) is 0 Å². The number of nitrogens with one attached hydrogen (secondary N) is 1. The van der Waals surface area contributed by atoms with Gasteiger partial charge in [0.2, 0.25) is 0 Å². The quantitative estimate of drug-likeness (QED) is 0.582. The third kappa shape index (κ3) is 2.38. The first-order valence-electron chi connectivity index (χ1n) is 7.54. The molecule has 118 valence electrons. The van der Waals surface area contributed by atoms with Crippen LogP contribution in [0.15, 0.2) is 48.8 Å². The summed E-state index contributed by atoms with van der Waals surface area (Å²) >= 11 is 0. The lowest BCUT2D eigenvalue weighted by Gasteiger charge is -2.09. The van der Waals surface area contributed by atoms with E-state index < -0.39 is 0 Å². The monoisotopic (exact) mass is 317 g/mol. The van der Waals surface area contributed by atoms with Gasteiger partial charge in [0.05, 0.1) is 12.6 Å². The van der Waals surface area contributed by atoms with Crippen LogP contribution in [0.4, 0.5) is 11.5 Å². The Bertz CT molecular complexity index is 1030. The Labute approximate surface area is 138 Å². The summed E-state index contributed by atoms with van der Waals surface area (Å²) in [6, 6.07) is 13.6. The van der Waals surface area contributed by atoms with Gasteiger partial charge in [-0.15, -0.1) is 10.2 Å². The number of aryl methyl sites for hydroxylation is 1. The molecule has 2 aromatic carbocycles. The Balaban J connectivity index is 1.83. The molecule has 24 heavy (non-hydrogen) atoms. The molecular formula is C18H15N5O. The van der Waals surface area contributed by atoms with Gasteiger partial charge in [-0.1, -0.05) is 18.2 Å². The summed E-state index contributed by atoms with van der Waals surface area (Å²) in [5.41, 5.74) is 4.26. The molecule has 0 spiro atoms. The average Bonchev–Trinajstić information content (AvgIpc) is 2.63.